The topological polar surface area (TPSA) is 74.3 Å². The maximum absolute atomic E-state index is 12.7. The minimum Gasteiger partial charge on any atom is -0.467 e. The van der Waals surface area contributed by atoms with E-state index in [-0.39, 0.29) is 24.3 Å². The Hall–Kier alpha value is -1.60. The summed E-state index contributed by atoms with van der Waals surface area (Å²) in [5.74, 6) is -0.539. The number of esters is 1. The van der Waals surface area contributed by atoms with Gasteiger partial charge >= 0.3 is 12.1 Å². The fourth-order valence-corrected chi connectivity index (χ4v) is 3.49. The number of hydrogen-bond donors (Lipinski definition) is 0. The normalized spacial score (nSPS) is 30.1. The summed E-state index contributed by atoms with van der Waals surface area (Å²) >= 11 is 0. The molecule has 0 aliphatic carbocycles. The summed E-state index contributed by atoms with van der Waals surface area (Å²) in [4.78, 5) is 26.6. The molecule has 0 saturated carbocycles. The smallest absolute Gasteiger partial charge is 0.410 e. The molecular formula is C19H31NO6. The van der Waals surface area contributed by atoms with Gasteiger partial charge in [0.05, 0.1) is 13.2 Å². The first-order valence-corrected chi connectivity index (χ1v) is 9.35. The SMILES string of the molecule is COC(=O)[C@H]1O[C@H]2CCCO[C@@H]2/C=C\C[C@@H]1OC(=O)N(C(C)C)C(C)C. The highest BCUT2D eigenvalue weighted by molar-refractivity contribution is 5.76. The predicted molar refractivity (Wildman–Crippen MR) is 95.8 cm³/mol. The zero-order valence-corrected chi connectivity index (χ0v) is 16.3. The highest BCUT2D eigenvalue weighted by Gasteiger charge is 2.40. The van der Waals surface area contributed by atoms with Crippen LogP contribution in [0.25, 0.3) is 0 Å². The molecule has 0 aromatic carbocycles. The number of nitrogens with zero attached hydrogens (tertiary/aromatic N) is 1. The van der Waals surface area contributed by atoms with Gasteiger partial charge in [0, 0.05) is 25.1 Å². The van der Waals surface area contributed by atoms with E-state index in [9.17, 15) is 9.59 Å². The summed E-state index contributed by atoms with van der Waals surface area (Å²) in [6.07, 6.45) is 3.24. The van der Waals surface area contributed by atoms with Gasteiger partial charge in [-0.15, -0.1) is 0 Å². The molecule has 0 unspecified atom stereocenters. The second-order valence-corrected chi connectivity index (χ2v) is 7.28. The third-order valence-corrected chi connectivity index (χ3v) is 4.67. The maximum Gasteiger partial charge on any atom is 0.410 e. The second-order valence-electron chi connectivity index (χ2n) is 7.28. The number of amides is 1. The lowest BCUT2D eigenvalue weighted by Gasteiger charge is -2.37. The molecule has 2 rings (SSSR count). The van der Waals surface area contributed by atoms with E-state index < -0.39 is 24.3 Å². The largest absolute Gasteiger partial charge is 0.467 e. The fraction of sp³-hybridized carbons (Fsp3) is 0.789. The van der Waals surface area contributed by atoms with Crippen LogP contribution in [0.2, 0.25) is 0 Å². The van der Waals surface area contributed by atoms with Crippen LogP contribution in [0.15, 0.2) is 12.2 Å². The van der Waals surface area contributed by atoms with Crippen LogP contribution in [0.3, 0.4) is 0 Å². The molecule has 0 radical (unpaired) electrons. The van der Waals surface area contributed by atoms with Crippen molar-refractivity contribution >= 4 is 12.1 Å². The average Bonchev–Trinajstić information content (AvgIpc) is 2.56. The molecule has 0 spiro atoms. The van der Waals surface area contributed by atoms with Gasteiger partial charge in [-0.05, 0) is 40.5 Å². The highest BCUT2D eigenvalue weighted by atomic mass is 16.6. The van der Waals surface area contributed by atoms with E-state index in [2.05, 4.69) is 0 Å². The van der Waals surface area contributed by atoms with Crippen molar-refractivity contribution in [3.8, 4) is 0 Å². The summed E-state index contributed by atoms with van der Waals surface area (Å²) in [6.45, 7) is 8.39. The molecule has 0 bridgehead atoms. The minimum absolute atomic E-state index is 0.0137. The standard InChI is InChI=1S/C19H31NO6/c1-12(2)20(13(3)4)19(22)26-16-9-6-8-14-15(10-7-11-24-14)25-17(16)18(21)23-5/h6,8,12-17H,7,9-11H2,1-5H3/b8-6-/t14-,15+,16+,17+/m1/s1. The third kappa shape index (κ3) is 4.98. The summed E-state index contributed by atoms with van der Waals surface area (Å²) in [5.41, 5.74) is 0. The monoisotopic (exact) mass is 369 g/mol. The summed E-state index contributed by atoms with van der Waals surface area (Å²) in [5, 5.41) is 0. The Labute approximate surface area is 155 Å². The molecular weight excluding hydrogens is 338 g/mol. The zero-order valence-electron chi connectivity index (χ0n) is 16.3. The Balaban J connectivity index is 2.19. The van der Waals surface area contributed by atoms with Gasteiger partial charge in [-0.3, -0.25) is 0 Å². The van der Waals surface area contributed by atoms with Crippen molar-refractivity contribution in [2.24, 2.45) is 0 Å². The number of ether oxygens (including phenoxy) is 4. The molecule has 4 atom stereocenters. The number of hydrogen-bond acceptors (Lipinski definition) is 6. The molecule has 1 amide bonds. The van der Waals surface area contributed by atoms with Crippen LogP contribution in [-0.4, -0.2) is 67.2 Å². The quantitative estimate of drug-likeness (QED) is 0.560. The first kappa shape index (κ1) is 20.7. The van der Waals surface area contributed by atoms with Crippen LogP contribution in [0, 0.1) is 0 Å². The van der Waals surface area contributed by atoms with E-state index >= 15 is 0 Å². The van der Waals surface area contributed by atoms with Gasteiger partial charge in [0.25, 0.3) is 0 Å². The van der Waals surface area contributed by atoms with Crippen LogP contribution in [0.1, 0.15) is 47.0 Å². The molecule has 0 aromatic rings. The van der Waals surface area contributed by atoms with Gasteiger partial charge in [0.1, 0.15) is 12.2 Å². The Kier molecular flexibility index (Phi) is 7.46. The summed E-state index contributed by atoms with van der Waals surface area (Å²) in [6, 6.07) is -0.0274. The number of fused-ring (bicyclic) bond motifs is 1. The van der Waals surface area contributed by atoms with Crippen molar-refractivity contribution in [3.63, 3.8) is 0 Å². The molecule has 1 saturated heterocycles. The van der Waals surface area contributed by atoms with Crippen molar-refractivity contribution in [1.29, 1.82) is 0 Å². The first-order chi connectivity index (χ1) is 12.3. The van der Waals surface area contributed by atoms with E-state index in [1.165, 1.54) is 7.11 Å². The molecule has 2 heterocycles. The van der Waals surface area contributed by atoms with Gasteiger partial charge in [0.2, 0.25) is 0 Å². The molecule has 1 fully saturated rings. The lowest BCUT2D eigenvalue weighted by molar-refractivity contribution is -0.181. The van der Waals surface area contributed by atoms with Gasteiger partial charge in [0.15, 0.2) is 6.10 Å². The number of carbonyl (C=O) groups excluding carboxylic acids is 2. The molecule has 148 valence electrons. The summed E-state index contributed by atoms with van der Waals surface area (Å²) < 4.78 is 22.3. The van der Waals surface area contributed by atoms with Crippen LogP contribution in [0.4, 0.5) is 4.79 Å². The summed E-state index contributed by atoms with van der Waals surface area (Å²) in [7, 11) is 1.31. The third-order valence-electron chi connectivity index (χ3n) is 4.67. The molecule has 2 aliphatic rings. The number of carbonyl (C=O) groups is 2. The van der Waals surface area contributed by atoms with Crippen LogP contribution >= 0.6 is 0 Å². The highest BCUT2D eigenvalue weighted by Crippen LogP contribution is 2.26. The zero-order chi connectivity index (χ0) is 19.3. The van der Waals surface area contributed by atoms with Gasteiger partial charge in [-0.25, -0.2) is 9.59 Å². The van der Waals surface area contributed by atoms with E-state index in [1.807, 2.05) is 39.8 Å². The molecule has 2 aliphatic heterocycles. The lowest BCUT2D eigenvalue weighted by Crippen LogP contribution is -2.50. The molecule has 0 aromatic heterocycles. The van der Waals surface area contributed by atoms with E-state index in [4.69, 9.17) is 18.9 Å². The van der Waals surface area contributed by atoms with E-state index in [0.29, 0.717) is 13.0 Å². The van der Waals surface area contributed by atoms with Crippen LogP contribution < -0.4 is 0 Å². The first-order valence-electron chi connectivity index (χ1n) is 9.35. The van der Waals surface area contributed by atoms with Crippen LogP contribution in [0.5, 0.6) is 0 Å². The Morgan fingerprint density at radius 2 is 1.88 bits per heavy atom. The maximum atomic E-state index is 12.7. The van der Waals surface area contributed by atoms with Gasteiger partial charge in [-0.2, -0.15) is 0 Å². The molecule has 26 heavy (non-hydrogen) atoms. The fourth-order valence-electron chi connectivity index (χ4n) is 3.49. The van der Waals surface area contributed by atoms with Gasteiger partial charge < -0.3 is 23.8 Å². The lowest BCUT2D eigenvalue weighted by atomic mass is 10.00. The van der Waals surface area contributed by atoms with Crippen molar-refractivity contribution in [2.45, 2.75) is 83.5 Å². The molecule has 7 heteroatoms. The van der Waals surface area contributed by atoms with Crippen molar-refractivity contribution < 1.29 is 28.5 Å². The molecule has 0 N–H and O–H groups in total. The number of rotatable bonds is 4. The van der Waals surface area contributed by atoms with Crippen LogP contribution in [-0.2, 0) is 23.7 Å². The van der Waals surface area contributed by atoms with Crippen molar-refractivity contribution in [1.82, 2.24) is 4.90 Å². The Morgan fingerprint density at radius 1 is 1.19 bits per heavy atom. The number of methoxy groups -OCH3 is 1. The van der Waals surface area contributed by atoms with Gasteiger partial charge in [-0.1, -0.05) is 12.2 Å². The molecule has 7 nitrogen and oxygen atoms in total. The van der Waals surface area contributed by atoms with Crippen molar-refractivity contribution in [3.05, 3.63) is 12.2 Å². The average molecular weight is 369 g/mol. The Morgan fingerprint density at radius 3 is 2.50 bits per heavy atom. The predicted octanol–water partition coefficient (Wildman–Crippen LogP) is 2.68. The second kappa shape index (κ2) is 9.37. The Bertz CT molecular complexity index is 510. The van der Waals surface area contributed by atoms with E-state index in [0.717, 1.165) is 12.8 Å². The van der Waals surface area contributed by atoms with E-state index in [1.54, 1.807) is 4.90 Å². The van der Waals surface area contributed by atoms with Crippen molar-refractivity contribution in [2.75, 3.05) is 13.7 Å². The minimum atomic E-state index is -0.968.